The molecule has 0 aliphatic carbocycles. The number of aromatic nitrogens is 3. The summed E-state index contributed by atoms with van der Waals surface area (Å²) >= 11 is 11.7. The summed E-state index contributed by atoms with van der Waals surface area (Å²) in [6.07, 6.45) is 2.93. The number of aliphatic hydroxyl groups excluding tert-OH is 1. The normalized spacial score (nSPS) is 10.6. The first-order chi connectivity index (χ1) is 10.1. The number of anilines is 1. The molecule has 0 bridgehead atoms. The largest absolute Gasteiger partial charge is 0.396 e. The molecular weight excluding hydrogens is 315 g/mol. The zero-order valence-electron chi connectivity index (χ0n) is 11.1. The maximum Gasteiger partial charge on any atom is 0.246 e. The van der Waals surface area contributed by atoms with Crippen molar-refractivity contribution in [2.75, 3.05) is 11.9 Å². The van der Waals surface area contributed by atoms with E-state index in [-0.39, 0.29) is 19.1 Å². The molecule has 0 radical (unpaired) electrons. The number of hydrogen-bond donors (Lipinski definition) is 2. The van der Waals surface area contributed by atoms with Gasteiger partial charge in [-0.15, -0.1) is 5.10 Å². The minimum Gasteiger partial charge on any atom is -0.396 e. The van der Waals surface area contributed by atoms with E-state index in [1.807, 2.05) is 0 Å². The quantitative estimate of drug-likeness (QED) is 0.851. The highest BCUT2D eigenvalue weighted by Crippen LogP contribution is 2.24. The summed E-state index contributed by atoms with van der Waals surface area (Å²) in [5, 5.41) is 20.0. The van der Waals surface area contributed by atoms with Crippen LogP contribution in [0, 0.1) is 0 Å². The van der Waals surface area contributed by atoms with Crippen molar-refractivity contribution >= 4 is 34.8 Å². The Morgan fingerprint density at radius 3 is 2.86 bits per heavy atom. The number of carbonyl (C=O) groups is 1. The van der Waals surface area contributed by atoms with Gasteiger partial charge in [0.2, 0.25) is 5.91 Å². The Morgan fingerprint density at radius 1 is 1.33 bits per heavy atom. The number of aliphatic hydroxyl groups is 1. The van der Waals surface area contributed by atoms with E-state index in [2.05, 4.69) is 15.6 Å². The third-order valence-corrected chi connectivity index (χ3v) is 3.43. The second kappa shape index (κ2) is 7.40. The van der Waals surface area contributed by atoms with Gasteiger partial charge < -0.3 is 10.4 Å². The molecule has 6 nitrogen and oxygen atoms in total. The number of amides is 1. The van der Waals surface area contributed by atoms with Crippen LogP contribution in [0.1, 0.15) is 12.1 Å². The van der Waals surface area contributed by atoms with Crippen LogP contribution in [0.5, 0.6) is 0 Å². The molecule has 2 rings (SSSR count). The molecule has 1 aromatic heterocycles. The molecular formula is C13H14Cl2N4O2. The summed E-state index contributed by atoms with van der Waals surface area (Å²) in [5.41, 5.74) is 1.31. The van der Waals surface area contributed by atoms with E-state index < -0.39 is 0 Å². The minimum atomic E-state index is -0.244. The average Bonchev–Trinajstić information content (AvgIpc) is 2.88. The number of aryl methyl sites for hydroxylation is 1. The number of nitrogens with one attached hydrogen (secondary N) is 1. The topological polar surface area (TPSA) is 80.0 Å². The van der Waals surface area contributed by atoms with Crippen LogP contribution in [-0.4, -0.2) is 32.6 Å². The molecule has 0 saturated heterocycles. The van der Waals surface area contributed by atoms with E-state index in [1.165, 1.54) is 4.68 Å². The summed E-state index contributed by atoms with van der Waals surface area (Å²) in [5.74, 6) is -0.244. The van der Waals surface area contributed by atoms with Crippen LogP contribution in [0.4, 0.5) is 5.69 Å². The SMILES string of the molecule is O=C(Cn1cc(CCCO)nn1)Nc1ccc(Cl)c(Cl)c1. The van der Waals surface area contributed by atoms with Gasteiger partial charge in [0, 0.05) is 18.5 Å². The lowest BCUT2D eigenvalue weighted by atomic mass is 10.3. The Bertz CT molecular complexity index is 630. The molecule has 0 unspecified atom stereocenters. The maximum atomic E-state index is 11.9. The van der Waals surface area contributed by atoms with Gasteiger partial charge in [-0.1, -0.05) is 28.4 Å². The third kappa shape index (κ3) is 4.70. The van der Waals surface area contributed by atoms with Gasteiger partial charge in [0.1, 0.15) is 6.54 Å². The molecule has 1 aromatic carbocycles. The van der Waals surface area contributed by atoms with E-state index in [0.717, 1.165) is 5.69 Å². The molecule has 0 atom stereocenters. The van der Waals surface area contributed by atoms with Crippen molar-refractivity contribution in [3.63, 3.8) is 0 Å². The Balaban J connectivity index is 1.91. The number of benzene rings is 1. The number of halogens is 2. The molecule has 2 aromatic rings. The van der Waals surface area contributed by atoms with E-state index in [1.54, 1.807) is 24.4 Å². The Labute approximate surface area is 131 Å². The van der Waals surface area contributed by atoms with Gasteiger partial charge in [0.25, 0.3) is 0 Å². The predicted molar refractivity (Wildman–Crippen MR) is 80.5 cm³/mol. The summed E-state index contributed by atoms with van der Waals surface area (Å²) in [6.45, 7) is 0.150. The van der Waals surface area contributed by atoms with Crippen LogP contribution in [0.25, 0.3) is 0 Å². The Morgan fingerprint density at radius 2 is 2.14 bits per heavy atom. The molecule has 8 heteroatoms. The lowest BCUT2D eigenvalue weighted by Crippen LogP contribution is -2.19. The van der Waals surface area contributed by atoms with Crippen LogP contribution >= 0.6 is 23.2 Å². The highest BCUT2D eigenvalue weighted by Gasteiger charge is 2.07. The second-order valence-corrected chi connectivity index (χ2v) is 5.23. The highest BCUT2D eigenvalue weighted by atomic mass is 35.5. The Hall–Kier alpha value is -1.63. The van der Waals surface area contributed by atoms with Crippen molar-refractivity contribution in [2.24, 2.45) is 0 Å². The first-order valence-electron chi connectivity index (χ1n) is 6.33. The van der Waals surface area contributed by atoms with Crippen LogP contribution in [0.2, 0.25) is 10.0 Å². The van der Waals surface area contributed by atoms with Crippen LogP contribution < -0.4 is 5.32 Å². The lowest BCUT2D eigenvalue weighted by Gasteiger charge is -2.06. The van der Waals surface area contributed by atoms with Gasteiger partial charge in [-0.3, -0.25) is 4.79 Å². The number of hydrogen-bond acceptors (Lipinski definition) is 4. The summed E-state index contributed by atoms with van der Waals surface area (Å²) in [6, 6.07) is 4.86. The fraction of sp³-hybridized carbons (Fsp3) is 0.308. The fourth-order valence-corrected chi connectivity index (χ4v) is 2.01. The van der Waals surface area contributed by atoms with Crippen molar-refractivity contribution in [2.45, 2.75) is 19.4 Å². The molecule has 112 valence electrons. The molecule has 2 N–H and O–H groups in total. The van der Waals surface area contributed by atoms with Gasteiger partial charge >= 0.3 is 0 Å². The first kappa shape index (κ1) is 15.8. The number of nitrogens with zero attached hydrogens (tertiary/aromatic N) is 3. The molecule has 0 aliphatic heterocycles. The van der Waals surface area contributed by atoms with Crippen molar-refractivity contribution in [1.29, 1.82) is 0 Å². The zero-order valence-corrected chi connectivity index (χ0v) is 12.6. The highest BCUT2D eigenvalue weighted by molar-refractivity contribution is 6.42. The summed E-state index contributed by atoms with van der Waals surface area (Å²) in [4.78, 5) is 11.9. The van der Waals surface area contributed by atoms with Gasteiger partial charge in [-0.25, -0.2) is 4.68 Å². The van der Waals surface area contributed by atoms with Crippen molar-refractivity contribution < 1.29 is 9.90 Å². The molecule has 0 spiro atoms. The van der Waals surface area contributed by atoms with Crippen LogP contribution in [0.3, 0.4) is 0 Å². The van der Waals surface area contributed by atoms with Gasteiger partial charge in [0.05, 0.1) is 15.7 Å². The standard InChI is InChI=1S/C13H14Cl2N4O2/c14-11-4-3-9(6-12(11)15)16-13(21)8-19-7-10(17-18-19)2-1-5-20/h3-4,6-7,20H,1-2,5,8H2,(H,16,21). The van der Waals surface area contributed by atoms with Gasteiger partial charge in [-0.2, -0.15) is 0 Å². The zero-order chi connectivity index (χ0) is 15.2. The fourth-order valence-electron chi connectivity index (χ4n) is 1.71. The van der Waals surface area contributed by atoms with Crippen LogP contribution in [0.15, 0.2) is 24.4 Å². The smallest absolute Gasteiger partial charge is 0.246 e. The first-order valence-corrected chi connectivity index (χ1v) is 7.09. The van der Waals surface area contributed by atoms with Crippen molar-refractivity contribution in [1.82, 2.24) is 15.0 Å². The molecule has 0 fully saturated rings. The predicted octanol–water partition coefficient (Wildman–Crippen LogP) is 2.15. The number of rotatable bonds is 6. The van der Waals surface area contributed by atoms with Crippen molar-refractivity contribution in [3.05, 3.63) is 40.1 Å². The van der Waals surface area contributed by atoms with E-state index in [0.29, 0.717) is 28.6 Å². The van der Waals surface area contributed by atoms with Gasteiger partial charge in [0.15, 0.2) is 0 Å². The monoisotopic (exact) mass is 328 g/mol. The van der Waals surface area contributed by atoms with Crippen LogP contribution in [-0.2, 0) is 17.8 Å². The summed E-state index contributed by atoms with van der Waals surface area (Å²) < 4.78 is 1.44. The second-order valence-electron chi connectivity index (χ2n) is 4.41. The van der Waals surface area contributed by atoms with E-state index >= 15 is 0 Å². The molecule has 1 amide bonds. The maximum absolute atomic E-state index is 11.9. The van der Waals surface area contributed by atoms with Gasteiger partial charge in [-0.05, 0) is 31.0 Å². The average molecular weight is 329 g/mol. The van der Waals surface area contributed by atoms with Crippen molar-refractivity contribution in [3.8, 4) is 0 Å². The van der Waals surface area contributed by atoms with E-state index in [9.17, 15) is 4.79 Å². The molecule has 1 heterocycles. The molecule has 0 saturated carbocycles. The third-order valence-electron chi connectivity index (χ3n) is 2.69. The molecule has 0 aliphatic rings. The minimum absolute atomic E-state index is 0.0480. The molecule has 21 heavy (non-hydrogen) atoms. The summed E-state index contributed by atoms with van der Waals surface area (Å²) in [7, 11) is 0. The lowest BCUT2D eigenvalue weighted by molar-refractivity contribution is -0.116. The Kier molecular flexibility index (Phi) is 5.55. The number of carbonyl (C=O) groups excluding carboxylic acids is 1. The van der Waals surface area contributed by atoms with E-state index in [4.69, 9.17) is 28.3 Å².